The molecule has 1 aromatic heterocycles. The zero-order valence-corrected chi connectivity index (χ0v) is 15.4. The summed E-state index contributed by atoms with van der Waals surface area (Å²) in [6.45, 7) is -0.287. The van der Waals surface area contributed by atoms with Crippen molar-refractivity contribution in [2.24, 2.45) is 0 Å². The minimum absolute atomic E-state index is 0.107. The summed E-state index contributed by atoms with van der Waals surface area (Å²) < 4.78 is 26.8. The summed E-state index contributed by atoms with van der Waals surface area (Å²) in [5.74, 6) is -0.424. The summed E-state index contributed by atoms with van der Waals surface area (Å²) in [6, 6.07) is 9.97. The van der Waals surface area contributed by atoms with E-state index in [0.717, 1.165) is 20.1 Å². The number of carbonyl (C=O) groups excluding carboxylic acids is 1. The Morgan fingerprint density at radius 1 is 1.36 bits per heavy atom. The number of nitrogens with one attached hydrogen (secondary N) is 1. The zero-order valence-electron chi connectivity index (χ0n) is 11.4. The number of thiophene rings is 1. The van der Waals surface area contributed by atoms with Crippen LogP contribution in [0.4, 0.5) is 5.69 Å². The van der Waals surface area contributed by atoms with Crippen LogP contribution in [0, 0.1) is 0 Å². The molecule has 0 atom stereocenters. The number of rotatable bonds is 5. The summed E-state index contributed by atoms with van der Waals surface area (Å²) >= 11 is 10.0. The van der Waals surface area contributed by atoms with Crippen LogP contribution in [0.3, 0.4) is 0 Å². The maximum atomic E-state index is 12.3. The van der Waals surface area contributed by atoms with Crippen molar-refractivity contribution >= 4 is 60.5 Å². The number of hydrogen-bond acceptors (Lipinski definition) is 4. The first-order valence-corrected chi connectivity index (χ1v) is 9.49. The third-order valence-corrected chi connectivity index (χ3v) is 6.68. The predicted molar refractivity (Wildman–Crippen MR) is 91.9 cm³/mol. The maximum Gasteiger partial charge on any atom is 0.252 e. The molecular weight excluding hydrogens is 412 g/mol. The average Bonchev–Trinajstić information content (AvgIpc) is 2.85. The van der Waals surface area contributed by atoms with E-state index in [-0.39, 0.29) is 10.8 Å². The SMILES string of the molecule is CN(CC(=O)Nc1cccc(Br)c1)S(=O)(=O)c1ccc(Cl)s1. The topological polar surface area (TPSA) is 66.5 Å². The minimum atomic E-state index is -3.72. The predicted octanol–water partition coefficient (Wildman–Crippen LogP) is 3.42. The molecule has 0 fully saturated rings. The quantitative estimate of drug-likeness (QED) is 0.801. The number of anilines is 1. The molecule has 22 heavy (non-hydrogen) atoms. The van der Waals surface area contributed by atoms with Crippen LogP contribution in [-0.2, 0) is 14.8 Å². The Morgan fingerprint density at radius 3 is 2.68 bits per heavy atom. The van der Waals surface area contributed by atoms with E-state index < -0.39 is 15.9 Å². The van der Waals surface area contributed by atoms with Crippen LogP contribution in [0.25, 0.3) is 0 Å². The van der Waals surface area contributed by atoms with Crippen molar-refractivity contribution < 1.29 is 13.2 Å². The molecule has 1 N–H and O–H groups in total. The Bertz CT molecular complexity index is 792. The lowest BCUT2D eigenvalue weighted by Crippen LogP contribution is -2.34. The second-order valence-electron chi connectivity index (χ2n) is 4.38. The van der Waals surface area contributed by atoms with Gasteiger partial charge in [0.1, 0.15) is 4.21 Å². The van der Waals surface area contributed by atoms with Gasteiger partial charge in [0.25, 0.3) is 10.0 Å². The van der Waals surface area contributed by atoms with Crippen LogP contribution >= 0.6 is 38.9 Å². The number of halogens is 2. The van der Waals surface area contributed by atoms with E-state index >= 15 is 0 Å². The molecular formula is C13H12BrClN2O3S2. The van der Waals surface area contributed by atoms with Crippen LogP contribution in [0.2, 0.25) is 4.34 Å². The van der Waals surface area contributed by atoms with Crippen LogP contribution in [-0.4, -0.2) is 32.2 Å². The molecule has 0 radical (unpaired) electrons. The van der Waals surface area contributed by atoms with Gasteiger partial charge in [0.05, 0.1) is 10.9 Å². The van der Waals surface area contributed by atoms with Crippen LogP contribution in [0.5, 0.6) is 0 Å². The molecule has 5 nitrogen and oxygen atoms in total. The highest BCUT2D eigenvalue weighted by Crippen LogP contribution is 2.27. The van der Waals surface area contributed by atoms with Gasteiger partial charge < -0.3 is 5.32 Å². The molecule has 9 heteroatoms. The van der Waals surface area contributed by atoms with Gasteiger partial charge in [0.2, 0.25) is 5.91 Å². The lowest BCUT2D eigenvalue weighted by Gasteiger charge is -2.15. The third kappa shape index (κ3) is 4.30. The van der Waals surface area contributed by atoms with Crippen LogP contribution in [0.1, 0.15) is 0 Å². The number of benzene rings is 1. The molecule has 0 aliphatic rings. The average molecular weight is 424 g/mol. The van der Waals surface area contributed by atoms with E-state index in [9.17, 15) is 13.2 Å². The van der Waals surface area contributed by atoms with Gasteiger partial charge >= 0.3 is 0 Å². The fourth-order valence-electron chi connectivity index (χ4n) is 1.64. The molecule has 0 unspecified atom stereocenters. The van der Waals surface area contributed by atoms with Crippen LogP contribution in [0.15, 0.2) is 45.1 Å². The molecule has 2 aromatic rings. The Kier molecular flexibility index (Phi) is 5.62. The Balaban J connectivity index is 2.05. The van der Waals surface area contributed by atoms with Crippen molar-refractivity contribution in [1.29, 1.82) is 0 Å². The first kappa shape index (κ1) is 17.4. The molecule has 118 valence electrons. The fraction of sp³-hybridized carbons (Fsp3) is 0.154. The number of likely N-dealkylation sites (N-methyl/N-ethyl adjacent to an activating group) is 1. The number of amides is 1. The van der Waals surface area contributed by atoms with Crippen molar-refractivity contribution in [2.45, 2.75) is 4.21 Å². The van der Waals surface area contributed by atoms with Crippen molar-refractivity contribution in [3.8, 4) is 0 Å². The molecule has 1 amide bonds. The highest BCUT2D eigenvalue weighted by atomic mass is 79.9. The molecule has 0 saturated carbocycles. The number of nitrogens with zero attached hydrogens (tertiary/aromatic N) is 1. The molecule has 0 aliphatic heterocycles. The summed E-state index contributed by atoms with van der Waals surface area (Å²) in [6.07, 6.45) is 0. The minimum Gasteiger partial charge on any atom is -0.325 e. The van der Waals surface area contributed by atoms with Gasteiger partial charge in [0.15, 0.2) is 0 Å². The van der Waals surface area contributed by atoms with Gasteiger partial charge in [-0.15, -0.1) is 11.3 Å². The van der Waals surface area contributed by atoms with Gasteiger partial charge in [-0.2, -0.15) is 4.31 Å². The smallest absolute Gasteiger partial charge is 0.252 e. The van der Waals surface area contributed by atoms with E-state index in [4.69, 9.17) is 11.6 Å². The normalized spacial score (nSPS) is 11.6. The van der Waals surface area contributed by atoms with E-state index in [1.54, 1.807) is 18.2 Å². The third-order valence-electron chi connectivity index (χ3n) is 2.69. The van der Waals surface area contributed by atoms with Gasteiger partial charge in [-0.1, -0.05) is 33.6 Å². The summed E-state index contributed by atoms with van der Waals surface area (Å²) in [5.41, 5.74) is 0.587. The fourth-order valence-corrected chi connectivity index (χ4v) is 4.86. The van der Waals surface area contributed by atoms with Gasteiger partial charge in [-0.25, -0.2) is 8.42 Å². The summed E-state index contributed by atoms with van der Waals surface area (Å²) in [7, 11) is -2.37. The first-order chi connectivity index (χ1) is 10.3. The van der Waals surface area contributed by atoms with Crippen LogP contribution < -0.4 is 5.32 Å². The van der Waals surface area contributed by atoms with E-state index in [2.05, 4.69) is 21.2 Å². The highest BCUT2D eigenvalue weighted by Gasteiger charge is 2.24. The standard InChI is InChI=1S/C13H12BrClN2O3S2/c1-17(22(19,20)13-6-5-11(15)21-13)8-12(18)16-10-4-2-3-9(14)7-10/h2-7H,8H2,1H3,(H,16,18). The molecule has 0 bridgehead atoms. The van der Waals surface area contributed by atoms with E-state index in [1.807, 2.05) is 6.07 Å². The Labute approximate surface area is 146 Å². The molecule has 0 saturated heterocycles. The maximum absolute atomic E-state index is 12.3. The number of carbonyl (C=O) groups is 1. The highest BCUT2D eigenvalue weighted by molar-refractivity contribution is 9.10. The lowest BCUT2D eigenvalue weighted by atomic mass is 10.3. The van der Waals surface area contributed by atoms with Gasteiger partial charge in [-0.05, 0) is 30.3 Å². The molecule has 0 aliphatic carbocycles. The Hall–Kier alpha value is -0.930. The summed E-state index contributed by atoms with van der Waals surface area (Å²) in [5, 5.41) is 2.64. The van der Waals surface area contributed by atoms with Crippen molar-refractivity contribution in [3.63, 3.8) is 0 Å². The van der Waals surface area contributed by atoms with E-state index in [1.165, 1.54) is 19.2 Å². The number of sulfonamides is 1. The first-order valence-electron chi connectivity index (χ1n) is 6.06. The second kappa shape index (κ2) is 7.10. The van der Waals surface area contributed by atoms with Gasteiger partial charge in [0, 0.05) is 17.2 Å². The lowest BCUT2D eigenvalue weighted by molar-refractivity contribution is -0.116. The van der Waals surface area contributed by atoms with Gasteiger partial charge in [-0.3, -0.25) is 4.79 Å². The molecule has 1 heterocycles. The monoisotopic (exact) mass is 422 g/mol. The largest absolute Gasteiger partial charge is 0.325 e. The second-order valence-corrected chi connectivity index (χ2v) is 9.28. The molecule has 1 aromatic carbocycles. The zero-order chi connectivity index (χ0) is 16.3. The van der Waals surface area contributed by atoms with E-state index in [0.29, 0.717) is 10.0 Å². The summed E-state index contributed by atoms with van der Waals surface area (Å²) in [4.78, 5) is 12.0. The van der Waals surface area contributed by atoms with Crippen molar-refractivity contribution in [3.05, 3.63) is 45.2 Å². The van der Waals surface area contributed by atoms with Crippen molar-refractivity contribution in [2.75, 3.05) is 18.9 Å². The number of hydrogen-bond donors (Lipinski definition) is 1. The molecule has 2 rings (SSSR count). The van der Waals surface area contributed by atoms with Crippen molar-refractivity contribution in [1.82, 2.24) is 4.31 Å². The molecule has 0 spiro atoms. The Morgan fingerprint density at radius 2 is 2.09 bits per heavy atom.